The van der Waals surface area contributed by atoms with Gasteiger partial charge in [0.2, 0.25) is 11.8 Å². The number of hydrogen-bond donors (Lipinski definition) is 1. The van der Waals surface area contributed by atoms with Crippen molar-refractivity contribution < 1.29 is 19.1 Å². The first-order valence-electron chi connectivity index (χ1n) is 8.19. The topological polar surface area (TPSA) is 85.5 Å². The SMILES string of the molecule is O=C(O)c1ccc(-c2nnc(-c3ccc(Oc4ccccc4)cc3)o2)cc1. The summed E-state index contributed by atoms with van der Waals surface area (Å²) in [4.78, 5) is 10.9. The summed E-state index contributed by atoms with van der Waals surface area (Å²) in [6.45, 7) is 0. The lowest BCUT2D eigenvalue weighted by Gasteiger charge is -2.05. The van der Waals surface area contributed by atoms with Gasteiger partial charge in [0.25, 0.3) is 0 Å². The Morgan fingerprint density at radius 1 is 0.741 bits per heavy atom. The van der Waals surface area contributed by atoms with E-state index in [0.717, 1.165) is 11.3 Å². The highest BCUT2D eigenvalue weighted by atomic mass is 16.5. The molecule has 27 heavy (non-hydrogen) atoms. The molecular weight excluding hydrogens is 344 g/mol. The molecule has 132 valence electrons. The molecule has 6 nitrogen and oxygen atoms in total. The van der Waals surface area contributed by atoms with Crippen LogP contribution >= 0.6 is 0 Å². The summed E-state index contributed by atoms with van der Waals surface area (Å²) in [5.41, 5.74) is 1.62. The van der Waals surface area contributed by atoms with E-state index in [1.54, 1.807) is 12.1 Å². The minimum atomic E-state index is -0.981. The third-order valence-corrected chi connectivity index (χ3v) is 3.88. The van der Waals surface area contributed by atoms with Crippen molar-refractivity contribution in [2.24, 2.45) is 0 Å². The number of ether oxygens (including phenoxy) is 1. The molecule has 1 heterocycles. The third-order valence-electron chi connectivity index (χ3n) is 3.88. The predicted octanol–water partition coefficient (Wildman–Crippen LogP) is 4.89. The van der Waals surface area contributed by atoms with Crippen molar-refractivity contribution in [2.75, 3.05) is 0 Å². The van der Waals surface area contributed by atoms with Crippen LogP contribution < -0.4 is 4.74 Å². The Hall–Kier alpha value is -3.93. The number of nitrogens with zero attached hydrogens (tertiary/aromatic N) is 2. The molecule has 0 atom stereocenters. The second-order valence-corrected chi connectivity index (χ2v) is 5.73. The fraction of sp³-hybridized carbons (Fsp3) is 0. The van der Waals surface area contributed by atoms with Crippen LogP contribution in [0.1, 0.15) is 10.4 Å². The summed E-state index contributed by atoms with van der Waals surface area (Å²) in [7, 11) is 0. The van der Waals surface area contributed by atoms with Crippen LogP contribution in [0.4, 0.5) is 0 Å². The molecule has 4 rings (SSSR count). The lowest BCUT2D eigenvalue weighted by molar-refractivity contribution is 0.0697. The zero-order chi connectivity index (χ0) is 18.6. The summed E-state index contributed by atoms with van der Waals surface area (Å²) in [5, 5.41) is 17.0. The van der Waals surface area contributed by atoms with Crippen molar-refractivity contribution in [3.05, 3.63) is 84.4 Å². The molecule has 6 heteroatoms. The van der Waals surface area contributed by atoms with E-state index >= 15 is 0 Å². The Morgan fingerprint density at radius 3 is 1.81 bits per heavy atom. The molecule has 0 aliphatic rings. The maximum Gasteiger partial charge on any atom is 0.335 e. The van der Waals surface area contributed by atoms with Gasteiger partial charge in [0.1, 0.15) is 11.5 Å². The third kappa shape index (κ3) is 3.69. The van der Waals surface area contributed by atoms with Crippen LogP contribution in [0.15, 0.2) is 83.3 Å². The highest BCUT2D eigenvalue weighted by molar-refractivity contribution is 5.88. The van der Waals surface area contributed by atoms with Crippen LogP contribution in [0.3, 0.4) is 0 Å². The zero-order valence-electron chi connectivity index (χ0n) is 14.1. The summed E-state index contributed by atoms with van der Waals surface area (Å²) in [5.74, 6) is 1.18. The van der Waals surface area contributed by atoms with E-state index in [1.165, 1.54) is 12.1 Å². The molecular formula is C21H14N2O4. The van der Waals surface area contributed by atoms with Gasteiger partial charge in [0.15, 0.2) is 0 Å². The van der Waals surface area contributed by atoms with Crippen molar-refractivity contribution in [2.45, 2.75) is 0 Å². The molecule has 3 aromatic carbocycles. The maximum atomic E-state index is 10.9. The second kappa shape index (κ2) is 7.13. The van der Waals surface area contributed by atoms with Crippen LogP contribution in [0.25, 0.3) is 22.9 Å². The first kappa shape index (κ1) is 16.5. The lowest BCUT2D eigenvalue weighted by atomic mass is 10.1. The van der Waals surface area contributed by atoms with Gasteiger partial charge in [0, 0.05) is 11.1 Å². The molecule has 0 aliphatic heterocycles. The molecule has 0 aliphatic carbocycles. The van der Waals surface area contributed by atoms with Crippen molar-refractivity contribution in [1.82, 2.24) is 10.2 Å². The molecule has 1 aromatic heterocycles. The van der Waals surface area contributed by atoms with Gasteiger partial charge in [-0.2, -0.15) is 0 Å². The second-order valence-electron chi connectivity index (χ2n) is 5.73. The number of carboxylic acids is 1. The Morgan fingerprint density at radius 2 is 1.26 bits per heavy atom. The number of para-hydroxylation sites is 1. The highest BCUT2D eigenvalue weighted by Gasteiger charge is 2.11. The van der Waals surface area contributed by atoms with Crippen molar-refractivity contribution in [1.29, 1.82) is 0 Å². The first-order chi connectivity index (χ1) is 13.2. The number of benzene rings is 3. The predicted molar refractivity (Wildman–Crippen MR) is 98.6 cm³/mol. The van der Waals surface area contributed by atoms with Gasteiger partial charge in [-0.05, 0) is 60.7 Å². The van der Waals surface area contributed by atoms with Gasteiger partial charge in [-0.25, -0.2) is 4.79 Å². The summed E-state index contributed by atoms with van der Waals surface area (Å²) < 4.78 is 11.5. The molecule has 0 amide bonds. The zero-order valence-corrected chi connectivity index (χ0v) is 14.1. The quantitative estimate of drug-likeness (QED) is 0.546. The van der Waals surface area contributed by atoms with E-state index in [2.05, 4.69) is 10.2 Å². The fourth-order valence-electron chi connectivity index (χ4n) is 2.50. The van der Waals surface area contributed by atoms with Crippen molar-refractivity contribution >= 4 is 5.97 Å². The van der Waals surface area contributed by atoms with Gasteiger partial charge in [-0.1, -0.05) is 18.2 Å². The molecule has 0 spiro atoms. The highest BCUT2D eigenvalue weighted by Crippen LogP contribution is 2.27. The van der Waals surface area contributed by atoms with E-state index in [-0.39, 0.29) is 5.56 Å². The molecule has 0 saturated heterocycles. The van der Waals surface area contributed by atoms with Crippen LogP contribution in [-0.2, 0) is 0 Å². The maximum absolute atomic E-state index is 10.9. The smallest absolute Gasteiger partial charge is 0.335 e. The van der Waals surface area contributed by atoms with Gasteiger partial charge < -0.3 is 14.3 Å². The molecule has 0 saturated carbocycles. The Labute approximate surface area is 154 Å². The Bertz CT molecular complexity index is 1060. The molecule has 4 aromatic rings. The normalized spacial score (nSPS) is 10.5. The Balaban J connectivity index is 1.52. The van der Waals surface area contributed by atoms with Gasteiger partial charge >= 0.3 is 5.97 Å². The van der Waals surface area contributed by atoms with Gasteiger partial charge in [0.05, 0.1) is 5.56 Å². The van der Waals surface area contributed by atoms with E-state index in [1.807, 2.05) is 54.6 Å². The summed E-state index contributed by atoms with van der Waals surface area (Å²) in [6.07, 6.45) is 0. The van der Waals surface area contributed by atoms with Crippen LogP contribution in [-0.4, -0.2) is 21.3 Å². The number of aromatic nitrogens is 2. The first-order valence-corrected chi connectivity index (χ1v) is 8.19. The van der Waals surface area contributed by atoms with E-state index in [0.29, 0.717) is 23.1 Å². The molecule has 0 fully saturated rings. The number of carbonyl (C=O) groups is 1. The minimum absolute atomic E-state index is 0.201. The van der Waals surface area contributed by atoms with Gasteiger partial charge in [-0.3, -0.25) is 0 Å². The number of carboxylic acid groups (broad SMARTS) is 1. The minimum Gasteiger partial charge on any atom is -0.478 e. The summed E-state index contributed by atoms with van der Waals surface area (Å²) in [6, 6.07) is 23.1. The average molecular weight is 358 g/mol. The van der Waals surface area contributed by atoms with Crippen molar-refractivity contribution in [3.63, 3.8) is 0 Å². The molecule has 1 N–H and O–H groups in total. The standard InChI is InChI=1S/C21H14N2O4/c24-21(25)16-8-6-14(7-9-16)19-22-23-20(27-19)15-10-12-18(13-11-15)26-17-4-2-1-3-5-17/h1-13H,(H,24,25). The van der Waals surface area contributed by atoms with E-state index < -0.39 is 5.97 Å². The van der Waals surface area contributed by atoms with E-state index in [4.69, 9.17) is 14.3 Å². The largest absolute Gasteiger partial charge is 0.478 e. The number of aromatic carboxylic acids is 1. The van der Waals surface area contributed by atoms with Crippen LogP contribution in [0.2, 0.25) is 0 Å². The fourth-order valence-corrected chi connectivity index (χ4v) is 2.50. The summed E-state index contributed by atoms with van der Waals surface area (Å²) >= 11 is 0. The monoisotopic (exact) mass is 358 g/mol. The van der Waals surface area contributed by atoms with Crippen LogP contribution in [0, 0.1) is 0 Å². The Kier molecular flexibility index (Phi) is 4.37. The van der Waals surface area contributed by atoms with Crippen molar-refractivity contribution in [3.8, 4) is 34.4 Å². The molecule has 0 radical (unpaired) electrons. The molecule has 0 bridgehead atoms. The molecule has 0 unspecified atom stereocenters. The lowest BCUT2D eigenvalue weighted by Crippen LogP contribution is -1.94. The number of hydrogen-bond acceptors (Lipinski definition) is 5. The van der Waals surface area contributed by atoms with E-state index in [9.17, 15) is 4.79 Å². The average Bonchev–Trinajstić information content (AvgIpc) is 3.20. The van der Waals surface area contributed by atoms with Gasteiger partial charge in [-0.15, -0.1) is 10.2 Å². The number of rotatable bonds is 5. The van der Waals surface area contributed by atoms with Crippen LogP contribution in [0.5, 0.6) is 11.5 Å².